The maximum atomic E-state index is 10.9. The third-order valence-electron chi connectivity index (χ3n) is 2.64. The Morgan fingerprint density at radius 1 is 1.50 bits per heavy atom. The van der Waals surface area contributed by atoms with E-state index >= 15 is 0 Å². The van der Waals surface area contributed by atoms with Crippen LogP contribution in [0.15, 0.2) is 18.2 Å². The summed E-state index contributed by atoms with van der Waals surface area (Å²) in [6.07, 6.45) is 1.84. The molecule has 0 amide bonds. The lowest BCUT2D eigenvalue weighted by molar-refractivity contribution is 0.0691. The summed E-state index contributed by atoms with van der Waals surface area (Å²) in [5.74, 6) is -0.734. The summed E-state index contributed by atoms with van der Waals surface area (Å²) in [7, 11) is 0. The van der Waals surface area contributed by atoms with Gasteiger partial charge >= 0.3 is 5.97 Å². The van der Waals surface area contributed by atoms with Crippen LogP contribution in [0.5, 0.6) is 5.75 Å². The van der Waals surface area contributed by atoms with E-state index in [-0.39, 0.29) is 11.1 Å². The van der Waals surface area contributed by atoms with Crippen LogP contribution in [0.25, 0.3) is 0 Å². The van der Waals surface area contributed by atoms with Crippen LogP contribution in [-0.4, -0.2) is 23.2 Å². The van der Waals surface area contributed by atoms with Crippen LogP contribution in [0.3, 0.4) is 0 Å². The molecular formula is C11H14N2O3. The maximum Gasteiger partial charge on any atom is 0.339 e. The van der Waals surface area contributed by atoms with Gasteiger partial charge in [0.2, 0.25) is 0 Å². The van der Waals surface area contributed by atoms with Crippen LogP contribution in [0.1, 0.15) is 23.2 Å². The molecule has 2 rings (SSSR count). The van der Waals surface area contributed by atoms with Gasteiger partial charge in [0.15, 0.2) is 0 Å². The molecule has 5 N–H and O–H groups in total. The molecule has 0 bridgehead atoms. The van der Waals surface area contributed by atoms with Gasteiger partial charge in [0.05, 0.1) is 5.54 Å². The number of rotatable bonds is 4. The molecule has 1 saturated carbocycles. The van der Waals surface area contributed by atoms with E-state index in [1.807, 2.05) is 0 Å². The fourth-order valence-corrected chi connectivity index (χ4v) is 1.37. The summed E-state index contributed by atoms with van der Waals surface area (Å²) in [6, 6.07) is 4.55. The molecular weight excluding hydrogens is 208 g/mol. The normalized spacial score (nSPS) is 16.8. The van der Waals surface area contributed by atoms with Gasteiger partial charge in [-0.05, 0) is 31.0 Å². The monoisotopic (exact) mass is 222 g/mol. The number of carboxylic acid groups (broad SMARTS) is 1. The molecule has 1 aliphatic carbocycles. The first-order valence-corrected chi connectivity index (χ1v) is 5.05. The van der Waals surface area contributed by atoms with E-state index in [2.05, 4.69) is 0 Å². The molecule has 1 fully saturated rings. The summed E-state index contributed by atoms with van der Waals surface area (Å²) in [5.41, 5.74) is 11.6. The van der Waals surface area contributed by atoms with Gasteiger partial charge in [-0.1, -0.05) is 0 Å². The molecule has 0 heterocycles. The predicted molar refractivity (Wildman–Crippen MR) is 59.5 cm³/mol. The highest BCUT2D eigenvalue weighted by Crippen LogP contribution is 2.33. The summed E-state index contributed by atoms with van der Waals surface area (Å²) in [5, 5.41) is 8.97. The first-order valence-electron chi connectivity index (χ1n) is 5.05. The lowest BCUT2D eigenvalue weighted by Crippen LogP contribution is -2.30. The average molecular weight is 222 g/mol. The largest absolute Gasteiger partial charge is 0.491 e. The third-order valence-corrected chi connectivity index (χ3v) is 2.64. The predicted octanol–water partition coefficient (Wildman–Crippen LogP) is 0.837. The van der Waals surface area contributed by atoms with Gasteiger partial charge in [-0.3, -0.25) is 0 Å². The summed E-state index contributed by atoms with van der Waals surface area (Å²) < 4.78 is 5.42. The highest BCUT2D eigenvalue weighted by molar-refractivity contribution is 5.92. The van der Waals surface area contributed by atoms with Crippen molar-refractivity contribution in [2.24, 2.45) is 5.73 Å². The summed E-state index contributed by atoms with van der Waals surface area (Å²) >= 11 is 0. The Labute approximate surface area is 93.0 Å². The molecule has 16 heavy (non-hydrogen) atoms. The number of hydrogen-bond acceptors (Lipinski definition) is 4. The van der Waals surface area contributed by atoms with Gasteiger partial charge in [-0.15, -0.1) is 0 Å². The van der Waals surface area contributed by atoms with Crippen molar-refractivity contribution in [2.75, 3.05) is 12.3 Å². The lowest BCUT2D eigenvalue weighted by Gasteiger charge is -2.13. The molecule has 1 aromatic rings. The minimum atomic E-state index is -1.05. The minimum absolute atomic E-state index is 0.0734. The van der Waals surface area contributed by atoms with Crippen LogP contribution in [0, 0.1) is 0 Å². The van der Waals surface area contributed by atoms with Crippen molar-refractivity contribution in [3.05, 3.63) is 23.8 Å². The lowest BCUT2D eigenvalue weighted by atomic mass is 10.2. The van der Waals surface area contributed by atoms with Crippen LogP contribution in [0.2, 0.25) is 0 Å². The third kappa shape index (κ3) is 2.25. The second-order valence-electron chi connectivity index (χ2n) is 4.21. The quantitative estimate of drug-likeness (QED) is 0.655. The number of hydrogen-bond donors (Lipinski definition) is 3. The number of anilines is 1. The standard InChI is InChI=1S/C11H14N2O3/c12-7-1-2-9(8(5-7)10(14)15)16-6-11(13)3-4-11/h1-2,5H,3-4,6,12-13H2,(H,14,15). The van der Waals surface area contributed by atoms with Crippen LogP contribution in [-0.2, 0) is 0 Å². The van der Waals surface area contributed by atoms with Gasteiger partial charge in [-0.2, -0.15) is 0 Å². The SMILES string of the molecule is Nc1ccc(OCC2(N)CC2)c(C(=O)O)c1. The van der Waals surface area contributed by atoms with E-state index in [1.165, 1.54) is 6.07 Å². The molecule has 0 atom stereocenters. The number of nitrogens with two attached hydrogens (primary N) is 2. The van der Waals surface area contributed by atoms with Gasteiger partial charge in [0, 0.05) is 5.69 Å². The van der Waals surface area contributed by atoms with Crippen molar-refractivity contribution < 1.29 is 14.6 Å². The fraction of sp³-hybridized carbons (Fsp3) is 0.364. The van der Waals surface area contributed by atoms with Crippen LogP contribution >= 0.6 is 0 Å². The molecule has 0 spiro atoms. The van der Waals surface area contributed by atoms with E-state index in [9.17, 15) is 4.79 Å². The molecule has 1 aliphatic rings. The second kappa shape index (κ2) is 3.68. The molecule has 0 radical (unpaired) electrons. The zero-order chi connectivity index (χ0) is 11.8. The van der Waals surface area contributed by atoms with Gasteiger partial charge in [0.25, 0.3) is 0 Å². The number of carboxylic acids is 1. The molecule has 86 valence electrons. The van der Waals surface area contributed by atoms with Crippen molar-refractivity contribution >= 4 is 11.7 Å². The van der Waals surface area contributed by atoms with Crippen molar-refractivity contribution in [1.29, 1.82) is 0 Å². The van der Waals surface area contributed by atoms with E-state index < -0.39 is 5.97 Å². The average Bonchev–Trinajstić information content (AvgIpc) is 2.95. The Hall–Kier alpha value is -1.75. The number of nitrogen functional groups attached to an aromatic ring is 1. The number of aromatic carboxylic acids is 1. The highest BCUT2D eigenvalue weighted by Gasteiger charge is 2.39. The number of ether oxygens (including phenoxy) is 1. The Bertz CT molecular complexity index is 427. The van der Waals surface area contributed by atoms with E-state index in [4.69, 9.17) is 21.3 Å². The maximum absolute atomic E-state index is 10.9. The molecule has 0 aromatic heterocycles. The van der Waals surface area contributed by atoms with Crippen molar-refractivity contribution in [3.8, 4) is 5.75 Å². The molecule has 0 saturated heterocycles. The van der Waals surface area contributed by atoms with Gasteiger partial charge < -0.3 is 21.3 Å². The first-order chi connectivity index (χ1) is 7.50. The smallest absolute Gasteiger partial charge is 0.339 e. The van der Waals surface area contributed by atoms with Crippen molar-refractivity contribution in [2.45, 2.75) is 18.4 Å². The van der Waals surface area contributed by atoms with Gasteiger partial charge in [-0.25, -0.2) is 4.79 Å². The highest BCUT2D eigenvalue weighted by atomic mass is 16.5. The Kier molecular flexibility index (Phi) is 2.47. The molecule has 1 aromatic carbocycles. The molecule has 0 aliphatic heterocycles. The zero-order valence-electron chi connectivity index (χ0n) is 8.77. The molecule has 5 nitrogen and oxygen atoms in total. The first kappa shape index (κ1) is 10.8. The Morgan fingerprint density at radius 3 is 2.75 bits per heavy atom. The van der Waals surface area contributed by atoms with E-state index in [0.717, 1.165) is 12.8 Å². The second-order valence-corrected chi connectivity index (χ2v) is 4.21. The number of carbonyl (C=O) groups is 1. The van der Waals surface area contributed by atoms with Crippen LogP contribution in [0.4, 0.5) is 5.69 Å². The topological polar surface area (TPSA) is 98.6 Å². The summed E-state index contributed by atoms with van der Waals surface area (Å²) in [4.78, 5) is 10.9. The Balaban J connectivity index is 2.15. The van der Waals surface area contributed by atoms with E-state index in [0.29, 0.717) is 18.0 Å². The minimum Gasteiger partial charge on any atom is -0.491 e. The summed E-state index contributed by atoms with van der Waals surface area (Å²) in [6.45, 7) is 0.344. The number of benzene rings is 1. The van der Waals surface area contributed by atoms with E-state index in [1.54, 1.807) is 12.1 Å². The van der Waals surface area contributed by atoms with Crippen molar-refractivity contribution in [1.82, 2.24) is 0 Å². The van der Waals surface area contributed by atoms with Crippen molar-refractivity contribution in [3.63, 3.8) is 0 Å². The fourth-order valence-electron chi connectivity index (χ4n) is 1.37. The van der Waals surface area contributed by atoms with Crippen LogP contribution < -0.4 is 16.2 Å². The van der Waals surface area contributed by atoms with Gasteiger partial charge in [0.1, 0.15) is 17.9 Å². The zero-order valence-corrected chi connectivity index (χ0v) is 8.77. The molecule has 5 heteroatoms. The molecule has 0 unspecified atom stereocenters. The Morgan fingerprint density at radius 2 is 2.19 bits per heavy atom.